The molecule has 0 bridgehead atoms. The van der Waals surface area contributed by atoms with Crippen LogP contribution in [0.3, 0.4) is 0 Å². The molecule has 3 N–H and O–H groups in total. The second kappa shape index (κ2) is 6.93. The fourth-order valence-electron chi connectivity index (χ4n) is 2.98. The number of hydrogen-bond donors (Lipinski definition) is 2. The van der Waals surface area contributed by atoms with Crippen molar-refractivity contribution >= 4 is 23.0 Å². The van der Waals surface area contributed by atoms with E-state index in [1.165, 1.54) is 0 Å². The number of nitrogens with zero attached hydrogens (tertiary/aromatic N) is 1. The first-order valence-corrected chi connectivity index (χ1v) is 8.22. The molecule has 6 nitrogen and oxygen atoms in total. The van der Waals surface area contributed by atoms with Crippen LogP contribution in [0.15, 0.2) is 36.4 Å². The van der Waals surface area contributed by atoms with Gasteiger partial charge in [0.05, 0.1) is 31.6 Å². The van der Waals surface area contributed by atoms with Gasteiger partial charge in [-0.15, -0.1) is 0 Å². The predicted octanol–water partition coefficient (Wildman–Crippen LogP) is 2.81. The number of benzene rings is 2. The number of carbonyl (C=O) groups is 1. The zero-order valence-corrected chi connectivity index (χ0v) is 14.7. The molecule has 25 heavy (non-hydrogen) atoms. The summed E-state index contributed by atoms with van der Waals surface area (Å²) in [7, 11) is 1.59. The van der Waals surface area contributed by atoms with E-state index in [1.54, 1.807) is 13.2 Å². The SMILES string of the molecule is COc1ccc(C)cc1NC(=O)CN1CC(C)Oc2cc(N)ccc21. The number of nitrogens with two attached hydrogens (primary N) is 1. The van der Waals surface area contributed by atoms with Gasteiger partial charge in [0, 0.05) is 11.8 Å². The monoisotopic (exact) mass is 341 g/mol. The third-order valence-corrected chi connectivity index (χ3v) is 4.09. The molecule has 132 valence electrons. The highest BCUT2D eigenvalue weighted by Crippen LogP contribution is 2.35. The summed E-state index contributed by atoms with van der Waals surface area (Å²) < 4.78 is 11.1. The van der Waals surface area contributed by atoms with Gasteiger partial charge in [0.15, 0.2) is 0 Å². The number of methoxy groups -OCH3 is 1. The molecule has 1 amide bonds. The van der Waals surface area contributed by atoms with Gasteiger partial charge in [-0.1, -0.05) is 6.07 Å². The molecule has 0 aliphatic carbocycles. The first-order chi connectivity index (χ1) is 12.0. The van der Waals surface area contributed by atoms with Crippen LogP contribution in [0.5, 0.6) is 11.5 Å². The Bertz CT molecular complexity index is 791. The van der Waals surface area contributed by atoms with Crippen molar-refractivity contribution in [3.63, 3.8) is 0 Å². The number of aryl methyl sites for hydroxylation is 1. The molecule has 0 saturated carbocycles. The summed E-state index contributed by atoms with van der Waals surface area (Å²) in [4.78, 5) is 14.6. The van der Waals surface area contributed by atoms with Crippen molar-refractivity contribution in [2.24, 2.45) is 0 Å². The van der Waals surface area contributed by atoms with E-state index in [-0.39, 0.29) is 18.6 Å². The van der Waals surface area contributed by atoms with E-state index in [9.17, 15) is 4.79 Å². The van der Waals surface area contributed by atoms with E-state index in [2.05, 4.69) is 5.32 Å². The van der Waals surface area contributed by atoms with Gasteiger partial charge in [-0.2, -0.15) is 0 Å². The lowest BCUT2D eigenvalue weighted by molar-refractivity contribution is -0.115. The number of nitrogens with one attached hydrogen (secondary N) is 1. The van der Waals surface area contributed by atoms with Crippen molar-refractivity contribution in [3.05, 3.63) is 42.0 Å². The third-order valence-electron chi connectivity index (χ3n) is 4.09. The summed E-state index contributed by atoms with van der Waals surface area (Å²) in [5.74, 6) is 1.24. The summed E-state index contributed by atoms with van der Waals surface area (Å²) >= 11 is 0. The van der Waals surface area contributed by atoms with Crippen LogP contribution in [-0.2, 0) is 4.79 Å². The summed E-state index contributed by atoms with van der Waals surface area (Å²) in [6.45, 7) is 4.80. The molecule has 0 aromatic heterocycles. The lowest BCUT2D eigenvalue weighted by Gasteiger charge is -2.34. The van der Waals surface area contributed by atoms with Crippen LogP contribution < -0.4 is 25.4 Å². The van der Waals surface area contributed by atoms with Gasteiger partial charge in [0.1, 0.15) is 17.6 Å². The van der Waals surface area contributed by atoms with Gasteiger partial charge in [-0.3, -0.25) is 4.79 Å². The molecule has 1 atom stereocenters. The zero-order valence-electron chi connectivity index (χ0n) is 14.7. The van der Waals surface area contributed by atoms with Crippen molar-refractivity contribution in [3.8, 4) is 11.5 Å². The van der Waals surface area contributed by atoms with Gasteiger partial charge >= 0.3 is 0 Å². The number of rotatable bonds is 4. The van der Waals surface area contributed by atoms with Crippen LogP contribution in [-0.4, -0.2) is 32.2 Å². The molecular weight excluding hydrogens is 318 g/mol. The zero-order chi connectivity index (χ0) is 18.0. The molecule has 1 heterocycles. The van der Waals surface area contributed by atoms with Crippen molar-refractivity contribution in [1.82, 2.24) is 0 Å². The van der Waals surface area contributed by atoms with Crippen molar-refractivity contribution in [1.29, 1.82) is 0 Å². The number of carbonyl (C=O) groups excluding carboxylic acids is 1. The molecule has 1 unspecified atom stereocenters. The number of ether oxygens (including phenoxy) is 2. The number of anilines is 3. The van der Waals surface area contributed by atoms with Gasteiger partial charge in [0.25, 0.3) is 0 Å². The molecule has 0 spiro atoms. The molecule has 6 heteroatoms. The Morgan fingerprint density at radius 1 is 1.36 bits per heavy atom. The highest BCUT2D eigenvalue weighted by atomic mass is 16.5. The number of amides is 1. The highest BCUT2D eigenvalue weighted by molar-refractivity contribution is 5.95. The van der Waals surface area contributed by atoms with Crippen molar-refractivity contribution < 1.29 is 14.3 Å². The second-order valence-electron chi connectivity index (χ2n) is 6.29. The van der Waals surface area contributed by atoms with E-state index in [4.69, 9.17) is 15.2 Å². The lowest BCUT2D eigenvalue weighted by Crippen LogP contribution is -2.42. The summed E-state index contributed by atoms with van der Waals surface area (Å²) in [6, 6.07) is 11.2. The van der Waals surface area contributed by atoms with Crippen LogP contribution >= 0.6 is 0 Å². The standard InChI is InChI=1S/C19H23N3O3/c1-12-4-7-17(24-3)15(8-12)21-19(23)11-22-10-13(2)25-18-9-14(20)5-6-16(18)22/h4-9,13H,10-11,20H2,1-3H3,(H,21,23). The number of nitrogen functional groups attached to an aromatic ring is 1. The smallest absolute Gasteiger partial charge is 0.243 e. The molecule has 1 aliphatic rings. The minimum atomic E-state index is -0.110. The summed E-state index contributed by atoms with van der Waals surface area (Å²) in [6.07, 6.45) is -0.0180. The molecule has 0 saturated heterocycles. The summed E-state index contributed by atoms with van der Waals surface area (Å²) in [5, 5.41) is 2.94. The van der Waals surface area contributed by atoms with Crippen molar-refractivity contribution in [2.45, 2.75) is 20.0 Å². The first-order valence-electron chi connectivity index (χ1n) is 8.22. The Morgan fingerprint density at radius 2 is 2.16 bits per heavy atom. The normalized spacial score (nSPS) is 16.0. The van der Waals surface area contributed by atoms with Crippen LogP contribution in [0.25, 0.3) is 0 Å². The minimum absolute atomic E-state index is 0.0180. The molecule has 1 aliphatic heterocycles. The van der Waals surface area contributed by atoms with Crippen LogP contribution in [0.2, 0.25) is 0 Å². The fraction of sp³-hybridized carbons (Fsp3) is 0.316. The van der Waals surface area contributed by atoms with E-state index in [0.717, 1.165) is 11.3 Å². The maximum atomic E-state index is 12.6. The maximum absolute atomic E-state index is 12.6. The Labute approximate surface area is 147 Å². The lowest BCUT2D eigenvalue weighted by atomic mass is 10.1. The number of fused-ring (bicyclic) bond motifs is 1. The largest absolute Gasteiger partial charge is 0.495 e. The molecule has 3 rings (SSSR count). The Balaban J connectivity index is 1.77. The van der Waals surface area contributed by atoms with E-state index in [1.807, 2.05) is 49.1 Å². The Hall–Kier alpha value is -2.89. The minimum Gasteiger partial charge on any atom is -0.495 e. The average Bonchev–Trinajstić information content (AvgIpc) is 2.54. The molecule has 0 fully saturated rings. The predicted molar refractivity (Wildman–Crippen MR) is 99.5 cm³/mol. The Kier molecular flexibility index (Phi) is 4.70. The van der Waals surface area contributed by atoms with Gasteiger partial charge in [-0.25, -0.2) is 0 Å². The topological polar surface area (TPSA) is 76.8 Å². The molecule has 0 radical (unpaired) electrons. The van der Waals surface area contributed by atoms with Crippen LogP contribution in [0.4, 0.5) is 17.1 Å². The van der Waals surface area contributed by atoms with Gasteiger partial charge in [-0.05, 0) is 43.7 Å². The summed E-state index contributed by atoms with van der Waals surface area (Å²) in [5.41, 5.74) is 9.07. The fourth-order valence-corrected chi connectivity index (χ4v) is 2.98. The van der Waals surface area contributed by atoms with Gasteiger partial charge in [0.2, 0.25) is 5.91 Å². The second-order valence-corrected chi connectivity index (χ2v) is 6.29. The van der Waals surface area contributed by atoms with E-state index >= 15 is 0 Å². The molecular formula is C19H23N3O3. The van der Waals surface area contributed by atoms with Crippen LogP contribution in [0.1, 0.15) is 12.5 Å². The molecule has 2 aromatic rings. The van der Waals surface area contributed by atoms with E-state index < -0.39 is 0 Å². The molecule has 2 aromatic carbocycles. The first kappa shape index (κ1) is 17.0. The number of hydrogen-bond acceptors (Lipinski definition) is 5. The Morgan fingerprint density at radius 3 is 2.92 bits per heavy atom. The third kappa shape index (κ3) is 3.79. The highest BCUT2D eigenvalue weighted by Gasteiger charge is 2.25. The van der Waals surface area contributed by atoms with Gasteiger partial charge < -0.3 is 25.4 Å². The van der Waals surface area contributed by atoms with E-state index in [0.29, 0.717) is 29.4 Å². The maximum Gasteiger partial charge on any atom is 0.243 e. The van der Waals surface area contributed by atoms with Crippen molar-refractivity contribution in [2.75, 3.05) is 36.1 Å². The quantitative estimate of drug-likeness (QED) is 0.836. The van der Waals surface area contributed by atoms with Crippen LogP contribution in [0, 0.1) is 6.92 Å². The average molecular weight is 341 g/mol.